The molecule has 0 spiro atoms. The first-order valence-electron chi connectivity index (χ1n) is 6.81. The molecule has 1 rings (SSSR count). The molecule has 21 heavy (non-hydrogen) atoms. The van der Waals surface area contributed by atoms with E-state index in [4.69, 9.17) is 10.5 Å². The van der Waals surface area contributed by atoms with Gasteiger partial charge in [-0.25, -0.2) is 0 Å². The van der Waals surface area contributed by atoms with Crippen LogP contribution in [0.1, 0.15) is 30.6 Å². The number of ether oxygens (including phenoxy) is 1. The van der Waals surface area contributed by atoms with Crippen LogP contribution in [0.5, 0.6) is 0 Å². The standard InChI is InChI=1S/C14H21N3O4/c1-10(2)9-21-7-3-6-16-14(18)11-4-5-13(17(19)20)12(15)8-11/h4-5,8,10H,3,6-7,9,15H2,1-2H3,(H,16,18). The van der Waals surface area contributed by atoms with Crippen molar-refractivity contribution in [2.75, 3.05) is 25.5 Å². The molecular formula is C14H21N3O4. The predicted octanol–water partition coefficient (Wildman–Crippen LogP) is 1.97. The van der Waals surface area contributed by atoms with Crippen molar-refractivity contribution in [2.45, 2.75) is 20.3 Å². The first-order chi connectivity index (χ1) is 9.91. The molecule has 0 saturated carbocycles. The third-order valence-corrected chi connectivity index (χ3v) is 2.69. The molecule has 7 heteroatoms. The summed E-state index contributed by atoms with van der Waals surface area (Å²) in [7, 11) is 0. The van der Waals surface area contributed by atoms with Crippen LogP contribution in [0, 0.1) is 16.0 Å². The third kappa shape index (κ3) is 5.78. The van der Waals surface area contributed by atoms with E-state index in [0.29, 0.717) is 37.7 Å². The lowest BCUT2D eigenvalue weighted by Gasteiger charge is -2.08. The SMILES string of the molecule is CC(C)COCCCNC(=O)c1ccc([N+](=O)[O-])c(N)c1. The number of nitrogens with two attached hydrogens (primary N) is 1. The van der Waals surface area contributed by atoms with Gasteiger partial charge < -0.3 is 15.8 Å². The summed E-state index contributed by atoms with van der Waals surface area (Å²) in [6.45, 7) is 5.91. The molecule has 1 aromatic rings. The number of nitrogens with zero attached hydrogens (tertiary/aromatic N) is 1. The highest BCUT2D eigenvalue weighted by atomic mass is 16.6. The number of anilines is 1. The predicted molar refractivity (Wildman–Crippen MR) is 80.1 cm³/mol. The van der Waals surface area contributed by atoms with E-state index < -0.39 is 4.92 Å². The molecule has 0 saturated heterocycles. The number of nitrogens with one attached hydrogen (secondary N) is 1. The topological polar surface area (TPSA) is 107 Å². The Balaban J connectivity index is 2.39. The molecule has 0 atom stereocenters. The second-order valence-corrected chi connectivity index (χ2v) is 5.11. The second kappa shape index (κ2) is 8.21. The zero-order valence-corrected chi connectivity index (χ0v) is 12.3. The van der Waals surface area contributed by atoms with Crippen molar-refractivity contribution >= 4 is 17.3 Å². The maximum absolute atomic E-state index is 11.8. The number of nitro benzene ring substituents is 1. The number of hydrogen-bond acceptors (Lipinski definition) is 5. The second-order valence-electron chi connectivity index (χ2n) is 5.11. The molecule has 0 aliphatic heterocycles. The van der Waals surface area contributed by atoms with Gasteiger partial charge in [0.25, 0.3) is 11.6 Å². The Bertz CT molecular complexity index is 503. The van der Waals surface area contributed by atoms with Crippen LogP contribution in [-0.4, -0.2) is 30.6 Å². The summed E-state index contributed by atoms with van der Waals surface area (Å²) in [6.07, 6.45) is 0.709. The number of nitrogen functional groups attached to an aromatic ring is 1. The Morgan fingerprint density at radius 1 is 1.48 bits per heavy atom. The van der Waals surface area contributed by atoms with Crippen molar-refractivity contribution in [1.29, 1.82) is 0 Å². The van der Waals surface area contributed by atoms with Gasteiger partial charge in [0.05, 0.1) is 4.92 Å². The van der Waals surface area contributed by atoms with E-state index in [2.05, 4.69) is 19.2 Å². The van der Waals surface area contributed by atoms with E-state index >= 15 is 0 Å². The molecule has 0 aliphatic carbocycles. The Morgan fingerprint density at radius 3 is 2.76 bits per heavy atom. The van der Waals surface area contributed by atoms with Crippen molar-refractivity contribution in [3.8, 4) is 0 Å². The quantitative estimate of drug-likeness (QED) is 0.330. The molecular weight excluding hydrogens is 274 g/mol. The zero-order chi connectivity index (χ0) is 15.8. The molecule has 1 aromatic carbocycles. The van der Waals surface area contributed by atoms with Gasteiger partial charge in [0.15, 0.2) is 0 Å². The van der Waals surface area contributed by atoms with Crippen LogP contribution < -0.4 is 11.1 Å². The van der Waals surface area contributed by atoms with E-state index in [9.17, 15) is 14.9 Å². The molecule has 7 nitrogen and oxygen atoms in total. The van der Waals surface area contributed by atoms with E-state index in [1.807, 2.05) is 0 Å². The van der Waals surface area contributed by atoms with Crippen LogP contribution in [0.15, 0.2) is 18.2 Å². The Hall–Kier alpha value is -2.15. The van der Waals surface area contributed by atoms with E-state index in [1.165, 1.54) is 18.2 Å². The minimum Gasteiger partial charge on any atom is -0.393 e. The molecule has 1 amide bonds. The highest BCUT2D eigenvalue weighted by Gasteiger charge is 2.14. The molecule has 3 N–H and O–H groups in total. The first-order valence-corrected chi connectivity index (χ1v) is 6.81. The van der Waals surface area contributed by atoms with Gasteiger partial charge in [0.1, 0.15) is 5.69 Å². The first kappa shape index (κ1) is 16.9. The molecule has 0 bridgehead atoms. The van der Waals surface area contributed by atoms with Crippen molar-refractivity contribution in [3.63, 3.8) is 0 Å². The highest BCUT2D eigenvalue weighted by molar-refractivity contribution is 5.95. The van der Waals surface area contributed by atoms with Gasteiger partial charge in [0.2, 0.25) is 0 Å². The van der Waals surface area contributed by atoms with E-state index in [1.54, 1.807) is 0 Å². The zero-order valence-electron chi connectivity index (χ0n) is 12.3. The fraction of sp³-hybridized carbons (Fsp3) is 0.500. The number of carbonyl (C=O) groups is 1. The lowest BCUT2D eigenvalue weighted by Crippen LogP contribution is -2.25. The number of benzene rings is 1. The lowest BCUT2D eigenvalue weighted by molar-refractivity contribution is -0.383. The van der Waals surface area contributed by atoms with Crippen molar-refractivity contribution in [3.05, 3.63) is 33.9 Å². The van der Waals surface area contributed by atoms with Crippen LogP contribution >= 0.6 is 0 Å². The van der Waals surface area contributed by atoms with Gasteiger partial charge >= 0.3 is 0 Å². The van der Waals surface area contributed by atoms with Crippen LogP contribution in [-0.2, 0) is 4.74 Å². The smallest absolute Gasteiger partial charge is 0.292 e. The Kier molecular flexibility index (Phi) is 6.61. The lowest BCUT2D eigenvalue weighted by atomic mass is 10.1. The molecule has 0 heterocycles. The number of nitro groups is 1. The fourth-order valence-electron chi connectivity index (χ4n) is 1.66. The Labute approximate surface area is 123 Å². The van der Waals surface area contributed by atoms with Crippen LogP contribution in [0.2, 0.25) is 0 Å². The maximum Gasteiger partial charge on any atom is 0.292 e. The number of amides is 1. The van der Waals surface area contributed by atoms with Crippen molar-refractivity contribution < 1.29 is 14.5 Å². The summed E-state index contributed by atoms with van der Waals surface area (Å²) >= 11 is 0. The average Bonchev–Trinajstić information content (AvgIpc) is 2.41. The van der Waals surface area contributed by atoms with E-state index in [0.717, 1.165) is 0 Å². The van der Waals surface area contributed by atoms with Gasteiger partial charge in [-0.1, -0.05) is 13.8 Å². The summed E-state index contributed by atoms with van der Waals surface area (Å²) < 4.78 is 5.40. The molecule has 116 valence electrons. The minimum atomic E-state index is -0.580. The van der Waals surface area contributed by atoms with Gasteiger partial charge in [0, 0.05) is 31.4 Å². The fourth-order valence-corrected chi connectivity index (χ4v) is 1.66. The summed E-state index contributed by atoms with van der Waals surface area (Å²) in [5, 5.41) is 13.4. The van der Waals surface area contributed by atoms with Crippen LogP contribution in [0.25, 0.3) is 0 Å². The Morgan fingerprint density at radius 2 is 2.19 bits per heavy atom. The summed E-state index contributed by atoms with van der Waals surface area (Å²) in [6, 6.07) is 3.93. The number of carbonyl (C=O) groups excluding carboxylic acids is 1. The molecule has 0 fully saturated rings. The van der Waals surface area contributed by atoms with Crippen LogP contribution in [0.4, 0.5) is 11.4 Å². The average molecular weight is 295 g/mol. The largest absolute Gasteiger partial charge is 0.393 e. The maximum atomic E-state index is 11.8. The third-order valence-electron chi connectivity index (χ3n) is 2.69. The summed E-state index contributed by atoms with van der Waals surface area (Å²) in [5.41, 5.74) is 5.63. The highest BCUT2D eigenvalue weighted by Crippen LogP contribution is 2.21. The number of hydrogen-bond donors (Lipinski definition) is 2. The molecule has 0 aromatic heterocycles. The van der Waals surface area contributed by atoms with Crippen LogP contribution in [0.3, 0.4) is 0 Å². The van der Waals surface area contributed by atoms with Gasteiger partial charge in [-0.05, 0) is 24.5 Å². The van der Waals surface area contributed by atoms with Gasteiger partial charge in [-0.2, -0.15) is 0 Å². The number of rotatable bonds is 8. The molecule has 0 aliphatic rings. The minimum absolute atomic E-state index is 0.0204. The van der Waals surface area contributed by atoms with Gasteiger partial charge in [-0.3, -0.25) is 14.9 Å². The van der Waals surface area contributed by atoms with Gasteiger partial charge in [-0.15, -0.1) is 0 Å². The monoisotopic (exact) mass is 295 g/mol. The van der Waals surface area contributed by atoms with Crippen molar-refractivity contribution in [2.24, 2.45) is 5.92 Å². The molecule has 0 radical (unpaired) electrons. The molecule has 0 unspecified atom stereocenters. The summed E-state index contributed by atoms with van der Waals surface area (Å²) in [5.74, 6) is 0.183. The summed E-state index contributed by atoms with van der Waals surface area (Å²) in [4.78, 5) is 21.9. The van der Waals surface area contributed by atoms with Crippen molar-refractivity contribution in [1.82, 2.24) is 5.32 Å². The normalized spacial score (nSPS) is 10.6. The van der Waals surface area contributed by atoms with E-state index in [-0.39, 0.29) is 17.3 Å².